The van der Waals surface area contributed by atoms with Crippen LogP contribution in [0.4, 0.5) is 5.69 Å². The molecule has 0 bridgehead atoms. The molecule has 4 rings (SSSR count). The number of nitrogens with zero attached hydrogens (tertiary/aromatic N) is 1. The molecule has 0 unspecified atom stereocenters. The third kappa shape index (κ3) is 2.46. The molecule has 0 saturated heterocycles. The SMILES string of the molecule is O=C1C[C@H](c2cccc([N+](=O)[O-])c2)c2c(c3ccccc3[nH]c2=O)O1. The topological polar surface area (TPSA) is 102 Å². The summed E-state index contributed by atoms with van der Waals surface area (Å²) in [5, 5.41) is 11.7. The van der Waals surface area contributed by atoms with Gasteiger partial charge in [-0.15, -0.1) is 0 Å². The van der Waals surface area contributed by atoms with E-state index in [-0.39, 0.29) is 23.4 Å². The summed E-state index contributed by atoms with van der Waals surface area (Å²) in [5.41, 5.74) is 0.971. The molecule has 0 radical (unpaired) electrons. The number of H-pyrrole nitrogens is 1. The van der Waals surface area contributed by atoms with Gasteiger partial charge < -0.3 is 9.72 Å². The first kappa shape index (κ1) is 15.1. The van der Waals surface area contributed by atoms with Crippen molar-refractivity contribution in [1.29, 1.82) is 0 Å². The summed E-state index contributed by atoms with van der Waals surface area (Å²) in [4.78, 5) is 38.0. The van der Waals surface area contributed by atoms with E-state index in [0.29, 0.717) is 22.0 Å². The fourth-order valence-electron chi connectivity index (χ4n) is 3.22. The van der Waals surface area contributed by atoms with Crippen LogP contribution in [0.2, 0.25) is 0 Å². The predicted octanol–water partition coefficient (Wildman–Crippen LogP) is 2.88. The maximum absolute atomic E-state index is 12.6. The number of aromatic amines is 1. The van der Waals surface area contributed by atoms with Crippen molar-refractivity contribution in [2.75, 3.05) is 0 Å². The van der Waals surface area contributed by atoms with Crippen molar-refractivity contribution in [3.8, 4) is 5.75 Å². The van der Waals surface area contributed by atoms with E-state index in [1.165, 1.54) is 12.1 Å². The first-order valence-corrected chi connectivity index (χ1v) is 7.64. The zero-order chi connectivity index (χ0) is 17.6. The van der Waals surface area contributed by atoms with Crippen LogP contribution in [0.15, 0.2) is 53.3 Å². The van der Waals surface area contributed by atoms with Gasteiger partial charge in [-0.2, -0.15) is 0 Å². The lowest BCUT2D eigenvalue weighted by atomic mass is 9.86. The molecule has 7 heteroatoms. The molecule has 0 aliphatic carbocycles. The number of esters is 1. The molecule has 2 heterocycles. The van der Waals surface area contributed by atoms with Gasteiger partial charge in [0.05, 0.1) is 22.4 Å². The van der Waals surface area contributed by atoms with Gasteiger partial charge in [-0.25, -0.2) is 0 Å². The molecule has 0 spiro atoms. The molecule has 1 N–H and O–H groups in total. The maximum Gasteiger partial charge on any atom is 0.312 e. The molecule has 2 aromatic carbocycles. The highest BCUT2D eigenvalue weighted by molar-refractivity contribution is 5.91. The highest BCUT2D eigenvalue weighted by Gasteiger charge is 2.33. The predicted molar refractivity (Wildman–Crippen MR) is 89.8 cm³/mol. The number of rotatable bonds is 2. The number of para-hydroxylation sites is 1. The van der Waals surface area contributed by atoms with Gasteiger partial charge in [0.25, 0.3) is 11.2 Å². The van der Waals surface area contributed by atoms with Gasteiger partial charge in [-0.05, 0) is 17.7 Å². The van der Waals surface area contributed by atoms with E-state index < -0.39 is 16.8 Å². The van der Waals surface area contributed by atoms with Gasteiger partial charge in [-0.1, -0.05) is 24.3 Å². The van der Waals surface area contributed by atoms with Crippen molar-refractivity contribution >= 4 is 22.6 Å². The summed E-state index contributed by atoms with van der Waals surface area (Å²) < 4.78 is 5.36. The van der Waals surface area contributed by atoms with E-state index in [1.54, 1.807) is 36.4 Å². The van der Waals surface area contributed by atoms with Crippen LogP contribution >= 0.6 is 0 Å². The lowest BCUT2D eigenvalue weighted by Gasteiger charge is -2.24. The largest absolute Gasteiger partial charge is 0.425 e. The van der Waals surface area contributed by atoms with E-state index in [2.05, 4.69) is 4.98 Å². The van der Waals surface area contributed by atoms with Crippen LogP contribution in [0.3, 0.4) is 0 Å². The van der Waals surface area contributed by atoms with E-state index in [9.17, 15) is 19.7 Å². The Morgan fingerprint density at radius 2 is 1.92 bits per heavy atom. The highest BCUT2D eigenvalue weighted by atomic mass is 16.6. The minimum Gasteiger partial charge on any atom is -0.425 e. The van der Waals surface area contributed by atoms with Gasteiger partial charge in [0.2, 0.25) is 0 Å². The number of aromatic nitrogens is 1. The summed E-state index contributed by atoms with van der Waals surface area (Å²) >= 11 is 0. The Morgan fingerprint density at radius 1 is 1.12 bits per heavy atom. The molecule has 1 aliphatic heterocycles. The van der Waals surface area contributed by atoms with Crippen LogP contribution in [0.25, 0.3) is 10.9 Å². The number of benzene rings is 2. The van der Waals surface area contributed by atoms with Crippen LogP contribution in [0.5, 0.6) is 5.75 Å². The zero-order valence-electron chi connectivity index (χ0n) is 12.9. The summed E-state index contributed by atoms with van der Waals surface area (Å²) in [5.74, 6) is -0.837. The molecule has 0 amide bonds. The number of ether oxygens (including phenoxy) is 1. The van der Waals surface area contributed by atoms with Crippen molar-refractivity contribution in [1.82, 2.24) is 4.98 Å². The monoisotopic (exact) mass is 336 g/mol. The van der Waals surface area contributed by atoms with Gasteiger partial charge in [0.1, 0.15) is 5.75 Å². The van der Waals surface area contributed by atoms with Crippen molar-refractivity contribution in [3.05, 3.63) is 80.1 Å². The van der Waals surface area contributed by atoms with Gasteiger partial charge in [-0.3, -0.25) is 19.7 Å². The maximum atomic E-state index is 12.6. The van der Waals surface area contributed by atoms with Gasteiger partial charge >= 0.3 is 5.97 Å². The number of fused-ring (bicyclic) bond motifs is 3. The summed E-state index contributed by atoms with van der Waals surface area (Å²) in [7, 11) is 0. The molecule has 25 heavy (non-hydrogen) atoms. The minimum absolute atomic E-state index is 0.0460. The fourth-order valence-corrected chi connectivity index (χ4v) is 3.22. The minimum atomic E-state index is -0.593. The molecule has 1 aromatic heterocycles. The van der Waals surface area contributed by atoms with Crippen LogP contribution in [0.1, 0.15) is 23.5 Å². The fraction of sp³-hybridized carbons (Fsp3) is 0.111. The third-order valence-corrected chi connectivity index (χ3v) is 4.33. The number of nitrogens with one attached hydrogen (secondary N) is 1. The van der Waals surface area contributed by atoms with Crippen LogP contribution in [-0.4, -0.2) is 15.9 Å². The van der Waals surface area contributed by atoms with E-state index in [1.807, 2.05) is 0 Å². The number of hydrogen-bond donors (Lipinski definition) is 1. The molecule has 7 nitrogen and oxygen atoms in total. The molecule has 0 fully saturated rings. The molecule has 0 saturated carbocycles. The van der Waals surface area contributed by atoms with Crippen molar-refractivity contribution in [2.24, 2.45) is 0 Å². The van der Waals surface area contributed by atoms with E-state index >= 15 is 0 Å². The lowest BCUT2D eigenvalue weighted by molar-refractivity contribution is -0.384. The Labute approximate surface area is 141 Å². The molecule has 124 valence electrons. The Morgan fingerprint density at radius 3 is 2.72 bits per heavy atom. The number of hydrogen-bond acceptors (Lipinski definition) is 5. The number of carbonyl (C=O) groups is 1. The molecular weight excluding hydrogens is 324 g/mol. The molecule has 1 aliphatic rings. The quantitative estimate of drug-likeness (QED) is 0.440. The van der Waals surface area contributed by atoms with Crippen molar-refractivity contribution in [3.63, 3.8) is 0 Å². The van der Waals surface area contributed by atoms with Crippen molar-refractivity contribution in [2.45, 2.75) is 12.3 Å². The van der Waals surface area contributed by atoms with E-state index in [0.717, 1.165) is 0 Å². The van der Waals surface area contributed by atoms with Crippen LogP contribution in [0, 0.1) is 10.1 Å². The Bertz CT molecular complexity index is 1090. The lowest BCUT2D eigenvalue weighted by Crippen LogP contribution is -2.28. The number of non-ortho nitro benzene ring substituents is 1. The zero-order valence-corrected chi connectivity index (χ0v) is 12.9. The second kappa shape index (κ2) is 5.55. The summed E-state index contributed by atoms with van der Waals surface area (Å²) in [6.07, 6.45) is -0.0460. The second-order valence-corrected chi connectivity index (χ2v) is 5.83. The van der Waals surface area contributed by atoms with Crippen molar-refractivity contribution < 1.29 is 14.5 Å². The summed E-state index contributed by atoms with van der Waals surface area (Å²) in [6.45, 7) is 0. The Hall–Kier alpha value is -3.48. The third-order valence-electron chi connectivity index (χ3n) is 4.33. The Balaban J connectivity index is 1.98. The average Bonchev–Trinajstić information content (AvgIpc) is 2.61. The number of pyridine rings is 1. The number of nitro groups is 1. The molecule has 1 atom stereocenters. The van der Waals surface area contributed by atoms with Crippen LogP contribution in [-0.2, 0) is 4.79 Å². The number of carbonyl (C=O) groups excluding carboxylic acids is 1. The second-order valence-electron chi connectivity index (χ2n) is 5.83. The smallest absolute Gasteiger partial charge is 0.312 e. The average molecular weight is 336 g/mol. The van der Waals surface area contributed by atoms with E-state index in [4.69, 9.17) is 4.74 Å². The summed E-state index contributed by atoms with van der Waals surface area (Å²) in [6, 6.07) is 13.0. The first-order chi connectivity index (χ1) is 12.0. The first-order valence-electron chi connectivity index (χ1n) is 7.64. The number of nitro benzene ring substituents is 1. The van der Waals surface area contributed by atoms with Gasteiger partial charge in [0, 0.05) is 23.4 Å². The standard InChI is InChI=1S/C18H12N2O5/c21-15-9-13(10-4-3-5-11(8-10)20(23)24)16-17(25-15)12-6-1-2-7-14(12)19-18(16)22/h1-8,13H,9H2,(H,19,22)/t13-/m1/s1. The van der Waals surface area contributed by atoms with Crippen LogP contribution < -0.4 is 10.3 Å². The normalized spacial score (nSPS) is 16.3. The van der Waals surface area contributed by atoms with Gasteiger partial charge in [0.15, 0.2) is 0 Å². The Kier molecular flexibility index (Phi) is 3.35. The molecule has 3 aromatic rings. The highest BCUT2D eigenvalue weighted by Crippen LogP contribution is 2.40. The molecular formula is C18H12N2O5.